The molecule has 0 bridgehead atoms. The van der Waals surface area contributed by atoms with Gasteiger partial charge in [-0.2, -0.15) is 0 Å². The summed E-state index contributed by atoms with van der Waals surface area (Å²) in [6.45, 7) is 8.07. The van der Waals surface area contributed by atoms with Crippen LogP contribution in [0.1, 0.15) is 45.2 Å². The first-order chi connectivity index (χ1) is 8.93. The summed E-state index contributed by atoms with van der Waals surface area (Å²) in [6.07, 6.45) is 2.19. The van der Waals surface area contributed by atoms with Gasteiger partial charge in [0.15, 0.2) is 0 Å². The number of ether oxygens (including phenoxy) is 1. The van der Waals surface area contributed by atoms with Crippen LogP contribution in [0.5, 0.6) is 0 Å². The molecule has 0 radical (unpaired) electrons. The molecule has 1 unspecified atom stereocenters. The number of methoxy groups -OCH3 is 1. The van der Waals surface area contributed by atoms with Gasteiger partial charge in [-0.1, -0.05) is 37.6 Å². The summed E-state index contributed by atoms with van der Waals surface area (Å²) in [5.74, 6) is -0.260. The molecule has 0 aliphatic heterocycles. The third-order valence-electron chi connectivity index (χ3n) is 3.24. The minimum Gasteiger partial charge on any atom is -0.467 e. The smallest absolute Gasteiger partial charge is 0.330 e. The van der Waals surface area contributed by atoms with E-state index >= 15 is 0 Å². The number of benzene rings is 1. The molecule has 0 aliphatic rings. The van der Waals surface area contributed by atoms with E-state index in [-0.39, 0.29) is 12.0 Å². The molecule has 0 saturated heterocycles. The van der Waals surface area contributed by atoms with Crippen LogP contribution in [0.4, 0.5) is 0 Å². The van der Waals surface area contributed by atoms with Crippen molar-refractivity contribution in [2.45, 2.75) is 52.1 Å². The Bertz CT molecular complexity index is 411. The predicted molar refractivity (Wildman–Crippen MR) is 78.1 cm³/mol. The van der Waals surface area contributed by atoms with Crippen molar-refractivity contribution < 1.29 is 9.53 Å². The molecule has 0 aliphatic carbocycles. The van der Waals surface area contributed by atoms with Gasteiger partial charge in [-0.25, -0.2) is 4.79 Å². The van der Waals surface area contributed by atoms with E-state index in [0.29, 0.717) is 0 Å². The summed E-state index contributed by atoms with van der Waals surface area (Å²) in [7, 11) is 1.42. The predicted octanol–water partition coefficient (Wildman–Crippen LogP) is 3.03. The van der Waals surface area contributed by atoms with E-state index in [1.165, 1.54) is 12.7 Å². The first kappa shape index (κ1) is 15.7. The Morgan fingerprint density at radius 2 is 1.89 bits per heavy atom. The molecule has 0 spiro atoms. The van der Waals surface area contributed by atoms with E-state index in [4.69, 9.17) is 4.74 Å². The number of nitrogens with one attached hydrogen (secondary N) is 1. The van der Waals surface area contributed by atoms with Crippen molar-refractivity contribution in [2.75, 3.05) is 7.11 Å². The molecular formula is C16H25NO2. The number of aryl methyl sites for hydroxylation is 1. The van der Waals surface area contributed by atoms with Crippen molar-refractivity contribution >= 4 is 5.97 Å². The topological polar surface area (TPSA) is 38.3 Å². The Balaban J connectivity index is 3.07. The normalized spacial score (nSPS) is 14.2. The molecule has 1 aromatic carbocycles. The average molecular weight is 263 g/mol. The lowest BCUT2D eigenvalue weighted by Gasteiger charge is -2.30. The number of hydrogen-bond donors (Lipinski definition) is 1. The Kier molecular flexibility index (Phi) is 5.55. The zero-order chi connectivity index (χ0) is 14.5. The number of esters is 1. The highest BCUT2D eigenvalue weighted by Gasteiger charge is 2.36. The second-order valence-corrected chi connectivity index (χ2v) is 5.36. The largest absolute Gasteiger partial charge is 0.467 e. The summed E-state index contributed by atoms with van der Waals surface area (Å²) < 4.78 is 4.95. The third kappa shape index (κ3) is 3.80. The third-order valence-corrected chi connectivity index (χ3v) is 3.24. The van der Waals surface area contributed by atoms with E-state index in [1.54, 1.807) is 0 Å². The monoisotopic (exact) mass is 263 g/mol. The van der Waals surface area contributed by atoms with E-state index in [2.05, 4.69) is 24.4 Å². The van der Waals surface area contributed by atoms with Crippen molar-refractivity contribution in [1.29, 1.82) is 0 Å². The van der Waals surface area contributed by atoms with Crippen LogP contribution in [-0.2, 0) is 21.5 Å². The van der Waals surface area contributed by atoms with Crippen molar-refractivity contribution in [3.8, 4) is 0 Å². The van der Waals surface area contributed by atoms with Crippen LogP contribution in [0.2, 0.25) is 0 Å². The highest BCUT2D eigenvalue weighted by Crippen LogP contribution is 2.24. The lowest BCUT2D eigenvalue weighted by molar-refractivity contribution is -0.148. The molecule has 19 heavy (non-hydrogen) atoms. The fourth-order valence-electron chi connectivity index (χ4n) is 2.34. The number of carbonyl (C=O) groups is 1. The van der Waals surface area contributed by atoms with Crippen molar-refractivity contribution in [1.82, 2.24) is 5.32 Å². The molecular weight excluding hydrogens is 238 g/mol. The van der Waals surface area contributed by atoms with E-state index in [0.717, 1.165) is 18.4 Å². The number of hydrogen-bond acceptors (Lipinski definition) is 3. The van der Waals surface area contributed by atoms with E-state index < -0.39 is 5.54 Å². The summed E-state index contributed by atoms with van der Waals surface area (Å²) in [4.78, 5) is 12.1. The molecule has 3 nitrogen and oxygen atoms in total. The molecule has 1 atom stereocenters. The quantitative estimate of drug-likeness (QED) is 0.802. The highest BCUT2D eigenvalue weighted by molar-refractivity contribution is 5.82. The zero-order valence-electron chi connectivity index (χ0n) is 12.6. The first-order valence-corrected chi connectivity index (χ1v) is 6.89. The van der Waals surface area contributed by atoms with Crippen LogP contribution in [0, 0.1) is 0 Å². The van der Waals surface area contributed by atoms with Gasteiger partial charge in [0.2, 0.25) is 0 Å². The second kappa shape index (κ2) is 6.71. The Morgan fingerprint density at radius 1 is 1.32 bits per heavy atom. The average Bonchev–Trinajstić information content (AvgIpc) is 2.38. The Morgan fingerprint density at radius 3 is 2.32 bits per heavy atom. The summed E-state index contributed by atoms with van der Waals surface area (Å²) >= 11 is 0. The minimum absolute atomic E-state index is 0.194. The van der Waals surface area contributed by atoms with Crippen LogP contribution in [0.15, 0.2) is 24.3 Å². The number of rotatable bonds is 6. The van der Waals surface area contributed by atoms with Gasteiger partial charge in [-0.15, -0.1) is 0 Å². The van der Waals surface area contributed by atoms with Crippen LogP contribution in [0.3, 0.4) is 0 Å². The number of carbonyl (C=O) groups excluding carboxylic acids is 1. The molecule has 0 fully saturated rings. The summed E-state index contributed by atoms with van der Waals surface area (Å²) in [6, 6.07) is 8.39. The lowest BCUT2D eigenvalue weighted by atomic mass is 9.90. The van der Waals surface area contributed by atoms with Crippen molar-refractivity contribution in [3.05, 3.63) is 35.4 Å². The van der Waals surface area contributed by atoms with Crippen molar-refractivity contribution in [2.24, 2.45) is 0 Å². The molecule has 0 heterocycles. The molecule has 3 heteroatoms. The lowest BCUT2D eigenvalue weighted by Crippen LogP contribution is -2.50. The van der Waals surface area contributed by atoms with Gasteiger partial charge in [0, 0.05) is 6.04 Å². The fraction of sp³-hybridized carbons (Fsp3) is 0.562. The maximum Gasteiger partial charge on any atom is 0.330 e. The van der Waals surface area contributed by atoms with Gasteiger partial charge in [-0.05, 0) is 38.3 Å². The summed E-state index contributed by atoms with van der Waals surface area (Å²) in [5, 5.41) is 3.30. The van der Waals surface area contributed by atoms with Crippen LogP contribution in [-0.4, -0.2) is 19.1 Å². The molecule has 0 saturated carbocycles. The first-order valence-electron chi connectivity index (χ1n) is 6.89. The van der Waals surface area contributed by atoms with Crippen LogP contribution >= 0.6 is 0 Å². The van der Waals surface area contributed by atoms with Crippen molar-refractivity contribution in [3.63, 3.8) is 0 Å². The Hall–Kier alpha value is -1.35. The molecule has 0 amide bonds. The van der Waals surface area contributed by atoms with Gasteiger partial charge >= 0.3 is 5.97 Å². The van der Waals surface area contributed by atoms with Gasteiger partial charge in [0.05, 0.1) is 7.11 Å². The van der Waals surface area contributed by atoms with Gasteiger partial charge in [0.25, 0.3) is 0 Å². The van der Waals surface area contributed by atoms with Gasteiger partial charge in [0.1, 0.15) is 5.54 Å². The van der Waals surface area contributed by atoms with Gasteiger partial charge in [-0.3, -0.25) is 5.32 Å². The molecule has 1 N–H and O–H groups in total. The second-order valence-electron chi connectivity index (χ2n) is 5.36. The van der Waals surface area contributed by atoms with E-state index in [1.807, 2.05) is 32.9 Å². The minimum atomic E-state index is -0.798. The van der Waals surface area contributed by atoms with E-state index in [9.17, 15) is 4.79 Å². The SMILES string of the molecule is CCCc1ccc(C(C)(NC(C)C)C(=O)OC)cc1. The summed E-state index contributed by atoms with van der Waals surface area (Å²) in [5.41, 5.74) is 1.43. The van der Waals surface area contributed by atoms with Crippen LogP contribution < -0.4 is 5.32 Å². The molecule has 0 aromatic heterocycles. The van der Waals surface area contributed by atoms with Crippen LogP contribution in [0.25, 0.3) is 0 Å². The fourth-order valence-corrected chi connectivity index (χ4v) is 2.34. The zero-order valence-corrected chi connectivity index (χ0v) is 12.6. The molecule has 1 rings (SSSR count). The molecule has 106 valence electrons. The molecule has 1 aromatic rings. The Labute approximate surface area is 116 Å². The van der Waals surface area contributed by atoms with Gasteiger partial charge < -0.3 is 4.74 Å². The standard InChI is InChI=1S/C16H25NO2/c1-6-7-13-8-10-14(11-9-13)16(4,15(18)19-5)17-12(2)3/h8-12,17H,6-7H2,1-5H3. The maximum atomic E-state index is 12.1. The maximum absolute atomic E-state index is 12.1. The highest BCUT2D eigenvalue weighted by atomic mass is 16.5.